The molecule has 0 fully saturated rings. The maximum absolute atomic E-state index is 12.7. The Morgan fingerprint density at radius 1 is 1.00 bits per heavy atom. The minimum atomic E-state index is -0.167. The molecule has 3 rings (SSSR count). The predicted molar refractivity (Wildman–Crippen MR) is 105 cm³/mol. The molecular weight excluding hydrogens is 320 g/mol. The Morgan fingerprint density at radius 3 is 2.54 bits per heavy atom. The van der Waals surface area contributed by atoms with Crippen LogP contribution in [0.4, 0.5) is 5.69 Å². The van der Waals surface area contributed by atoms with E-state index in [0.29, 0.717) is 0 Å². The largest absolute Gasteiger partial charge is 0.326 e. The van der Waals surface area contributed by atoms with Gasteiger partial charge in [0.15, 0.2) is 0 Å². The smallest absolute Gasteiger partial charge is 0.231 e. The van der Waals surface area contributed by atoms with Crippen LogP contribution < -0.4 is 5.32 Å². The first-order valence-corrected chi connectivity index (χ1v) is 8.65. The van der Waals surface area contributed by atoms with Crippen LogP contribution in [0.3, 0.4) is 0 Å². The molecular formula is C23H20N2O. The SMILES string of the molecule is CC[C@@H](C(=O)Nc1cccc(C#Cc2ccccn2)c1)c1ccccc1. The quantitative estimate of drug-likeness (QED) is 0.705. The lowest BCUT2D eigenvalue weighted by molar-refractivity contribution is -0.117. The van der Waals surface area contributed by atoms with Gasteiger partial charge in [0.25, 0.3) is 0 Å². The van der Waals surface area contributed by atoms with E-state index in [1.807, 2.05) is 79.7 Å². The van der Waals surface area contributed by atoms with Crippen LogP contribution in [-0.2, 0) is 4.79 Å². The van der Waals surface area contributed by atoms with Crippen LogP contribution in [0.25, 0.3) is 0 Å². The molecule has 3 heteroatoms. The van der Waals surface area contributed by atoms with E-state index >= 15 is 0 Å². The van der Waals surface area contributed by atoms with E-state index in [1.54, 1.807) is 6.20 Å². The maximum atomic E-state index is 12.7. The van der Waals surface area contributed by atoms with Crippen molar-refractivity contribution in [1.82, 2.24) is 4.98 Å². The van der Waals surface area contributed by atoms with E-state index in [4.69, 9.17) is 0 Å². The molecule has 1 aromatic heterocycles. The van der Waals surface area contributed by atoms with Crippen LogP contribution in [0.5, 0.6) is 0 Å². The molecule has 1 heterocycles. The number of nitrogens with zero attached hydrogens (tertiary/aromatic N) is 1. The third-order valence-electron chi connectivity index (χ3n) is 4.06. The average Bonchev–Trinajstić information content (AvgIpc) is 2.69. The number of anilines is 1. The number of carbonyl (C=O) groups is 1. The lowest BCUT2D eigenvalue weighted by Crippen LogP contribution is -2.20. The van der Waals surface area contributed by atoms with E-state index in [1.165, 1.54) is 0 Å². The second kappa shape index (κ2) is 8.64. The van der Waals surface area contributed by atoms with Crippen molar-refractivity contribution in [1.29, 1.82) is 0 Å². The molecule has 1 amide bonds. The first-order chi connectivity index (χ1) is 12.8. The van der Waals surface area contributed by atoms with Gasteiger partial charge in [0, 0.05) is 17.4 Å². The Morgan fingerprint density at radius 2 is 1.81 bits per heavy atom. The molecule has 1 N–H and O–H groups in total. The summed E-state index contributed by atoms with van der Waals surface area (Å²) in [6, 6.07) is 23.0. The van der Waals surface area contributed by atoms with E-state index in [0.717, 1.165) is 28.9 Å². The number of hydrogen-bond donors (Lipinski definition) is 1. The molecule has 0 saturated carbocycles. The summed E-state index contributed by atoms with van der Waals surface area (Å²) in [6.07, 6.45) is 2.46. The van der Waals surface area contributed by atoms with Crippen LogP contribution in [0, 0.1) is 11.8 Å². The lowest BCUT2D eigenvalue weighted by Gasteiger charge is -2.15. The van der Waals surface area contributed by atoms with Crippen molar-refractivity contribution >= 4 is 11.6 Å². The predicted octanol–water partition coefficient (Wildman–Crippen LogP) is 4.61. The van der Waals surface area contributed by atoms with Crippen LogP contribution >= 0.6 is 0 Å². The van der Waals surface area contributed by atoms with Crippen LogP contribution in [0.1, 0.15) is 36.1 Å². The number of amides is 1. The molecule has 0 aliphatic carbocycles. The number of aromatic nitrogens is 1. The standard InChI is InChI=1S/C23H20N2O/c1-2-22(19-10-4-3-5-11-19)23(26)25-21-13-8-9-18(17-21)14-15-20-12-6-7-16-24-20/h3-13,16-17,22H,2H2,1H3,(H,25,26)/t22-/m1/s1. The van der Waals surface area contributed by atoms with Gasteiger partial charge in [-0.15, -0.1) is 0 Å². The fraction of sp³-hybridized carbons (Fsp3) is 0.130. The fourth-order valence-electron chi connectivity index (χ4n) is 2.73. The second-order valence-corrected chi connectivity index (χ2v) is 5.91. The van der Waals surface area contributed by atoms with Gasteiger partial charge in [-0.2, -0.15) is 0 Å². The maximum Gasteiger partial charge on any atom is 0.231 e. The van der Waals surface area contributed by atoms with Crippen molar-refractivity contribution in [3.05, 3.63) is 95.8 Å². The highest BCUT2D eigenvalue weighted by Gasteiger charge is 2.18. The molecule has 0 aliphatic heterocycles. The number of carbonyl (C=O) groups excluding carboxylic acids is 1. The molecule has 2 aromatic carbocycles. The summed E-state index contributed by atoms with van der Waals surface area (Å²) in [5, 5.41) is 3.01. The highest BCUT2D eigenvalue weighted by atomic mass is 16.1. The van der Waals surface area contributed by atoms with E-state index < -0.39 is 0 Å². The summed E-state index contributed by atoms with van der Waals surface area (Å²) in [5.74, 6) is 5.94. The Hall–Kier alpha value is -3.38. The van der Waals surface area contributed by atoms with Crippen LogP contribution in [-0.4, -0.2) is 10.9 Å². The van der Waals surface area contributed by atoms with Gasteiger partial charge in [-0.25, -0.2) is 4.98 Å². The van der Waals surface area contributed by atoms with Gasteiger partial charge in [-0.05, 0) is 48.2 Å². The third-order valence-corrected chi connectivity index (χ3v) is 4.06. The van der Waals surface area contributed by atoms with Gasteiger partial charge >= 0.3 is 0 Å². The first kappa shape index (κ1) is 17.4. The summed E-state index contributed by atoms with van der Waals surface area (Å²) in [6.45, 7) is 2.02. The monoisotopic (exact) mass is 340 g/mol. The van der Waals surface area contributed by atoms with E-state index in [-0.39, 0.29) is 11.8 Å². The lowest BCUT2D eigenvalue weighted by atomic mass is 9.95. The Labute approximate surface area is 154 Å². The molecule has 128 valence electrons. The number of nitrogens with one attached hydrogen (secondary N) is 1. The van der Waals surface area contributed by atoms with Crippen molar-refractivity contribution in [3.63, 3.8) is 0 Å². The number of pyridine rings is 1. The minimum absolute atomic E-state index is 0.00599. The second-order valence-electron chi connectivity index (χ2n) is 5.91. The molecule has 3 aromatic rings. The van der Waals surface area contributed by atoms with Gasteiger partial charge in [0.1, 0.15) is 5.69 Å². The zero-order valence-electron chi connectivity index (χ0n) is 14.6. The van der Waals surface area contributed by atoms with Crippen LogP contribution in [0.2, 0.25) is 0 Å². The Bertz CT molecular complexity index is 924. The topological polar surface area (TPSA) is 42.0 Å². The van der Waals surface area contributed by atoms with Gasteiger partial charge in [-0.3, -0.25) is 4.79 Å². The molecule has 0 saturated heterocycles. The van der Waals surface area contributed by atoms with Gasteiger partial charge in [0.05, 0.1) is 5.92 Å². The average molecular weight is 340 g/mol. The number of rotatable bonds is 4. The Balaban J connectivity index is 1.74. The zero-order chi connectivity index (χ0) is 18.2. The van der Waals surface area contributed by atoms with Gasteiger partial charge < -0.3 is 5.32 Å². The summed E-state index contributed by atoms with van der Waals surface area (Å²) in [5.41, 5.74) is 3.33. The van der Waals surface area contributed by atoms with Crippen molar-refractivity contribution in [2.45, 2.75) is 19.3 Å². The van der Waals surface area contributed by atoms with Gasteiger partial charge in [-0.1, -0.05) is 55.3 Å². The molecule has 0 aliphatic rings. The first-order valence-electron chi connectivity index (χ1n) is 8.65. The van der Waals surface area contributed by atoms with E-state index in [2.05, 4.69) is 22.1 Å². The number of hydrogen-bond acceptors (Lipinski definition) is 2. The molecule has 0 radical (unpaired) electrons. The molecule has 0 bridgehead atoms. The molecule has 1 atom stereocenters. The molecule has 26 heavy (non-hydrogen) atoms. The van der Waals surface area contributed by atoms with Crippen LogP contribution in [0.15, 0.2) is 79.0 Å². The summed E-state index contributed by atoms with van der Waals surface area (Å²) in [7, 11) is 0. The summed E-state index contributed by atoms with van der Waals surface area (Å²) >= 11 is 0. The van der Waals surface area contributed by atoms with Crippen molar-refractivity contribution in [2.75, 3.05) is 5.32 Å². The third kappa shape index (κ3) is 4.58. The Kier molecular flexibility index (Phi) is 5.80. The summed E-state index contributed by atoms with van der Waals surface area (Å²) < 4.78 is 0. The molecule has 0 spiro atoms. The fourth-order valence-corrected chi connectivity index (χ4v) is 2.73. The van der Waals surface area contributed by atoms with Crippen molar-refractivity contribution < 1.29 is 4.79 Å². The number of benzene rings is 2. The van der Waals surface area contributed by atoms with Gasteiger partial charge in [0.2, 0.25) is 5.91 Å². The highest BCUT2D eigenvalue weighted by Crippen LogP contribution is 2.21. The van der Waals surface area contributed by atoms with E-state index in [9.17, 15) is 4.79 Å². The zero-order valence-corrected chi connectivity index (χ0v) is 14.6. The van der Waals surface area contributed by atoms with Crippen molar-refractivity contribution in [3.8, 4) is 11.8 Å². The minimum Gasteiger partial charge on any atom is -0.326 e. The van der Waals surface area contributed by atoms with Crippen molar-refractivity contribution in [2.24, 2.45) is 0 Å². The highest BCUT2D eigenvalue weighted by molar-refractivity contribution is 5.95. The molecule has 0 unspecified atom stereocenters. The molecule has 3 nitrogen and oxygen atoms in total. The summed E-state index contributed by atoms with van der Waals surface area (Å²) in [4.78, 5) is 16.9. The normalized spacial score (nSPS) is 11.1.